The molecule has 3 nitrogen and oxygen atoms in total. The first kappa shape index (κ1) is 10.9. The number of pyridine rings is 1. The third-order valence-corrected chi connectivity index (χ3v) is 3.18. The van der Waals surface area contributed by atoms with Crippen LogP contribution in [0.3, 0.4) is 0 Å². The molecule has 1 saturated heterocycles. The molecule has 0 spiro atoms. The minimum Gasteiger partial charge on any atom is -0.388 e. The third-order valence-electron chi connectivity index (χ3n) is 2.71. The van der Waals surface area contributed by atoms with Gasteiger partial charge in [0.1, 0.15) is 5.82 Å². The van der Waals surface area contributed by atoms with Crippen LogP contribution >= 0.6 is 15.9 Å². The van der Waals surface area contributed by atoms with Crippen LogP contribution in [0.1, 0.15) is 19.8 Å². The van der Waals surface area contributed by atoms with E-state index in [4.69, 9.17) is 0 Å². The lowest BCUT2D eigenvalue weighted by atomic mass is 9.95. The van der Waals surface area contributed by atoms with E-state index < -0.39 is 5.60 Å². The zero-order valence-electron chi connectivity index (χ0n) is 8.78. The zero-order valence-corrected chi connectivity index (χ0v) is 10.4. The Morgan fingerprint density at radius 1 is 1.53 bits per heavy atom. The van der Waals surface area contributed by atoms with Crippen molar-refractivity contribution in [2.45, 2.75) is 25.4 Å². The molecule has 2 rings (SSSR count). The molecule has 15 heavy (non-hydrogen) atoms. The summed E-state index contributed by atoms with van der Waals surface area (Å²) in [6, 6.07) is 3.96. The number of piperidine rings is 1. The van der Waals surface area contributed by atoms with Gasteiger partial charge >= 0.3 is 0 Å². The second-order valence-electron chi connectivity index (χ2n) is 4.36. The van der Waals surface area contributed by atoms with Crippen molar-refractivity contribution in [1.29, 1.82) is 0 Å². The van der Waals surface area contributed by atoms with Gasteiger partial charge in [0.25, 0.3) is 0 Å². The summed E-state index contributed by atoms with van der Waals surface area (Å²) >= 11 is 3.36. The van der Waals surface area contributed by atoms with Gasteiger partial charge < -0.3 is 10.0 Å². The molecular weight excluding hydrogens is 256 g/mol. The van der Waals surface area contributed by atoms with Gasteiger partial charge in [-0.1, -0.05) is 0 Å². The van der Waals surface area contributed by atoms with E-state index in [2.05, 4.69) is 25.8 Å². The number of aromatic nitrogens is 1. The van der Waals surface area contributed by atoms with E-state index in [0.29, 0.717) is 6.54 Å². The Balaban J connectivity index is 2.13. The summed E-state index contributed by atoms with van der Waals surface area (Å²) in [7, 11) is 0. The van der Waals surface area contributed by atoms with E-state index in [9.17, 15) is 5.11 Å². The van der Waals surface area contributed by atoms with Gasteiger partial charge in [-0.2, -0.15) is 0 Å². The van der Waals surface area contributed by atoms with Crippen LogP contribution in [0.25, 0.3) is 0 Å². The number of aliphatic hydroxyl groups is 1. The van der Waals surface area contributed by atoms with Crippen LogP contribution in [-0.4, -0.2) is 28.8 Å². The minimum absolute atomic E-state index is 0.576. The van der Waals surface area contributed by atoms with Gasteiger partial charge in [0.15, 0.2) is 0 Å². The van der Waals surface area contributed by atoms with Crippen molar-refractivity contribution in [1.82, 2.24) is 4.98 Å². The van der Waals surface area contributed by atoms with Crippen molar-refractivity contribution in [2.24, 2.45) is 0 Å². The Morgan fingerprint density at radius 2 is 2.33 bits per heavy atom. The summed E-state index contributed by atoms with van der Waals surface area (Å²) in [5.74, 6) is 0.943. The number of nitrogens with zero attached hydrogens (tertiary/aromatic N) is 2. The van der Waals surface area contributed by atoms with Gasteiger partial charge in [-0.25, -0.2) is 4.98 Å². The lowest BCUT2D eigenvalue weighted by Gasteiger charge is -2.37. The Hall–Kier alpha value is -0.610. The van der Waals surface area contributed by atoms with Crippen LogP contribution < -0.4 is 4.90 Å². The molecule has 1 aliphatic rings. The third kappa shape index (κ3) is 2.69. The fraction of sp³-hybridized carbons (Fsp3) is 0.545. The molecule has 1 aromatic heterocycles. The molecule has 0 aliphatic carbocycles. The molecule has 0 bridgehead atoms. The first-order valence-electron chi connectivity index (χ1n) is 5.16. The second kappa shape index (κ2) is 4.10. The predicted octanol–water partition coefficient (Wildman–Crippen LogP) is 2.20. The van der Waals surface area contributed by atoms with Crippen molar-refractivity contribution in [3.05, 3.63) is 22.8 Å². The van der Waals surface area contributed by atoms with Crippen LogP contribution in [-0.2, 0) is 0 Å². The van der Waals surface area contributed by atoms with E-state index >= 15 is 0 Å². The molecule has 4 heteroatoms. The molecule has 1 aromatic rings. The Labute approximate surface area is 98.3 Å². The molecule has 0 amide bonds. The number of hydrogen-bond acceptors (Lipinski definition) is 3. The first-order valence-corrected chi connectivity index (χ1v) is 5.95. The zero-order chi connectivity index (χ0) is 10.9. The van der Waals surface area contributed by atoms with Crippen LogP contribution in [0, 0.1) is 0 Å². The van der Waals surface area contributed by atoms with Crippen molar-refractivity contribution in [2.75, 3.05) is 18.0 Å². The number of anilines is 1. The maximum Gasteiger partial charge on any atom is 0.128 e. The van der Waals surface area contributed by atoms with Gasteiger partial charge in [-0.3, -0.25) is 0 Å². The molecule has 82 valence electrons. The molecule has 1 unspecified atom stereocenters. The van der Waals surface area contributed by atoms with Crippen molar-refractivity contribution >= 4 is 21.7 Å². The molecule has 0 aromatic carbocycles. The summed E-state index contributed by atoms with van der Waals surface area (Å²) in [5.41, 5.74) is -0.576. The SMILES string of the molecule is CC1(O)CCCN(c2ccc(Br)cn2)C1. The number of rotatable bonds is 1. The lowest BCUT2D eigenvalue weighted by molar-refractivity contribution is 0.0447. The quantitative estimate of drug-likeness (QED) is 0.850. The van der Waals surface area contributed by atoms with Gasteiger partial charge in [0, 0.05) is 23.8 Å². The lowest BCUT2D eigenvalue weighted by Crippen LogP contribution is -2.46. The highest BCUT2D eigenvalue weighted by Gasteiger charge is 2.28. The Kier molecular flexibility index (Phi) is 2.98. The van der Waals surface area contributed by atoms with Crippen LogP contribution in [0.4, 0.5) is 5.82 Å². The van der Waals surface area contributed by atoms with Crippen molar-refractivity contribution in [3.8, 4) is 0 Å². The van der Waals surface area contributed by atoms with Crippen LogP contribution in [0.5, 0.6) is 0 Å². The largest absolute Gasteiger partial charge is 0.388 e. The van der Waals surface area contributed by atoms with Crippen molar-refractivity contribution in [3.63, 3.8) is 0 Å². The topological polar surface area (TPSA) is 36.4 Å². The van der Waals surface area contributed by atoms with E-state index in [0.717, 1.165) is 29.7 Å². The minimum atomic E-state index is -0.576. The summed E-state index contributed by atoms with van der Waals surface area (Å²) in [6.45, 7) is 3.53. The highest BCUT2D eigenvalue weighted by atomic mass is 79.9. The average molecular weight is 271 g/mol. The standard InChI is InChI=1S/C11H15BrN2O/c1-11(15)5-2-6-14(8-11)10-4-3-9(12)7-13-10/h3-4,7,15H,2,5-6,8H2,1H3. The fourth-order valence-electron chi connectivity index (χ4n) is 1.97. The van der Waals surface area contributed by atoms with E-state index in [1.807, 2.05) is 19.1 Å². The summed E-state index contributed by atoms with van der Waals surface area (Å²) in [6.07, 6.45) is 3.68. The van der Waals surface area contributed by atoms with E-state index in [1.54, 1.807) is 6.20 Å². The van der Waals surface area contributed by atoms with E-state index in [-0.39, 0.29) is 0 Å². The highest BCUT2D eigenvalue weighted by molar-refractivity contribution is 9.10. The van der Waals surface area contributed by atoms with Gasteiger partial charge in [0.05, 0.1) is 5.60 Å². The molecule has 1 N–H and O–H groups in total. The van der Waals surface area contributed by atoms with Crippen LogP contribution in [0.15, 0.2) is 22.8 Å². The molecule has 0 radical (unpaired) electrons. The number of halogens is 1. The second-order valence-corrected chi connectivity index (χ2v) is 5.27. The molecular formula is C11H15BrN2O. The molecule has 1 atom stereocenters. The summed E-state index contributed by atoms with van der Waals surface area (Å²) in [5, 5.41) is 9.98. The maximum atomic E-state index is 9.98. The molecule has 2 heterocycles. The highest BCUT2D eigenvalue weighted by Crippen LogP contribution is 2.24. The van der Waals surface area contributed by atoms with Crippen LogP contribution in [0.2, 0.25) is 0 Å². The molecule has 1 aliphatic heterocycles. The number of hydrogen-bond donors (Lipinski definition) is 1. The van der Waals surface area contributed by atoms with E-state index in [1.165, 1.54) is 0 Å². The Morgan fingerprint density at radius 3 is 2.93 bits per heavy atom. The van der Waals surface area contributed by atoms with Crippen molar-refractivity contribution < 1.29 is 5.11 Å². The van der Waals surface area contributed by atoms with Gasteiger partial charge in [0.2, 0.25) is 0 Å². The van der Waals surface area contributed by atoms with Gasteiger partial charge in [-0.15, -0.1) is 0 Å². The predicted molar refractivity (Wildman–Crippen MR) is 64.0 cm³/mol. The first-order chi connectivity index (χ1) is 7.07. The smallest absolute Gasteiger partial charge is 0.128 e. The Bertz CT molecular complexity index is 337. The summed E-state index contributed by atoms with van der Waals surface area (Å²) < 4.78 is 0.981. The average Bonchev–Trinajstić information content (AvgIpc) is 2.17. The molecule has 0 saturated carbocycles. The molecule has 1 fully saturated rings. The maximum absolute atomic E-state index is 9.98. The monoisotopic (exact) mass is 270 g/mol. The fourth-order valence-corrected chi connectivity index (χ4v) is 2.21. The summed E-state index contributed by atoms with van der Waals surface area (Å²) in [4.78, 5) is 6.47. The van der Waals surface area contributed by atoms with Gasteiger partial charge in [-0.05, 0) is 47.8 Å². The number of β-amino-alcohol motifs (C(OH)–C–C–N with tert-alkyl or cyclic N) is 1. The normalized spacial score (nSPS) is 26.7.